The van der Waals surface area contributed by atoms with Gasteiger partial charge >= 0.3 is 15.6 Å². The Morgan fingerprint density at radius 1 is 1.29 bits per heavy atom. The SMILES string of the molecule is O=C([O-])c1cccc2nc(OS(=O)(=O)C(F)(F)F)cnc12. The molecule has 0 radical (unpaired) electrons. The lowest BCUT2D eigenvalue weighted by molar-refractivity contribution is -0.254. The van der Waals surface area contributed by atoms with Gasteiger partial charge in [0.25, 0.3) is 5.88 Å². The fraction of sp³-hybridized carbons (Fsp3) is 0.100. The van der Waals surface area contributed by atoms with Crippen molar-refractivity contribution in [1.82, 2.24) is 9.97 Å². The summed E-state index contributed by atoms with van der Waals surface area (Å²) in [4.78, 5) is 17.8. The zero-order valence-electron chi connectivity index (χ0n) is 9.79. The number of hydrogen-bond acceptors (Lipinski definition) is 7. The van der Waals surface area contributed by atoms with Crippen LogP contribution in [0.5, 0.6) is 5.88 Å². The van der Waals surface area contributed by atoms with Crippen molar-refractivity contribution in [1.29, 1.82) is 0 Å². The Morgan fingerprint density at radius 2 is 1.95 bits per heavy atom. The number of para-hydroxylation sites is 1. The van der Waals surface area contributed by atoms with Gasteiger partial charge in [-0.15, -0.1) is 0 Å². The van der Waals surface area contributed by atoms with Crippen LogP contribution in [0.4, 0.5) is 13.2 Å². The molecule has 112 valence electrons. The van der Waals surface area contributed by atoms with Gasteiger partial charge < -0.3 is 14.1 Å². The minimum absolute atomic E-state index is 0.161. The molecule has 0 N–H and O–H groups in total. The molecule has 0 fully saturated rings. The third-order valence-corrected chi connectivity index (χ3v) is 3.21. The topological polar surface area (TPSA) is 109 Å². The van der Waals surface area contributed by atoms with E-state index < -0.39 is 27.5 Å². The predicted octanol–water partition coefficient (Wildman–Crippen LogP) is 0.222. The number of carboxylic acid groups (broad SMARTS) is 1. The minimum atomic E-state index is -5.88. The highest BCUT2D eigenvalue weighted by Crippen LogP contribution is 2.26. The van der Waals surface area contributed by atoms with Gasteiger partial charge in [-0.1, -0.05) is 12.1 Å². The normalized spacial score (nSPS) is 12.3. The van der Waals surface area contributed by atoms with E-state index in [0.717, 1.165) is 6.07 Å². The van der Waals surface area contributed by atoms with E-state index in [1.54, 1.807) is 0 Å². The minimum Gasteiger partial charge on any atom is -0.545 e. The van der Waals surface area contributed by atoms with Crippen LogP contribution in [0.15, 0.2) is 24.4 Å². The monoisotopic (exact) mass is 321 g/mol. The Bertz CT molecular complexity index is 819. The first-order valence-corrected chi connectivity index (χ1v) is 6.50. The summed E-state index contributed by atoms with van der Waals surface area (Å²) in [5.41, 5.74) is -6.29. The van der Waals surface area contributed by atoms with Crippen LogP contribution < -0.4 is 9.29 Å². The van der Waals surface area contributed by atoms with E-state index in [9.17, 15) is 31.5 Å². The molecule has 0 spiro atoms. The highest BCUT2D eigenvalue weighted by Gasteiger charge is 2.48. The molecule has 1 aromatic heterocycles. The van der Waals surface area contributed by atoms with Gasteiger partial charge in [0.05, 0.1) is 23.2 Å². The molecule has 2 rings (SSSR count). The van der Waals surface area contributed by atoms with E-state index in [1.165, 1.54) is 12.1 Å². The zero-order chi connectivity index (χ0) is 15.8. The molecular weight excluding hydrogens is 317 g/mol. The van der Waals surface area contributed by atoms with Gasteiger partial charge in [-0.05, 0) is 6.07 Å². The lowest BCUT2D eigenvalue weighted by Gasteiger charge is -2.10. The first-order valence-electron chi connectivity index (χ1n) is 5.10. The summed E-state index contributed by atoms with van der Waals surface area (Å²) in [7, 11) is -5.88. The molecule has 21 heavy (non-hydrogen) atoms. The van der Waals surface area contributed by atoms with Gasteiger partial charge in [0.1, 0.15) is 0 Å². The summed E-state index contributed by atoms with van der Waals surface area (Å²) in [5.74, 6) is -2.50. The smallest absolute Gasteiger partial charge is 0.534 e. The second-order valence-electron chi connectivity index (χ2n) is 3.65. The molecule has 0 amide bonds. The number of benzene rings is 1. The standard InChI is InChI=1S/C10H5F3N2O5S/c11-10(12,13)21(18,19)20-7-4-14-8-5(9(16)17)2-1-3-6(8)15-7/h1-4H,(H,16,17)/p-1. The maximum absolute atomic E-state index is 12.2. The number of carbonyl (C=O) groups excluding carboxylic acids is 1. The van der Waals surface area contributed by atoms with Crippen molar-refractivity contribution in [2.75, 3.05) is 0 Å². The summed E-state index contributed by atoms with van der Waals surface area (Å²) in [6.07, 6.45) is 0.568. The van der Waals surface area contributed by atoms with Crippen LogP contribution in [0, 0.1) is 0 Å². The predicted molar refractivity (Wildman–Crippen MR) is 59.5 cm³/mol. The lowest BCUT2D eigenvalue weighted by Crippen LogP contribution is -2.28. The molecule has 0 aliphatic rings. The Labute approximate surface area is 115 Å². The van der Waals surface area contributed by atoms with Gasteiger partial charge in [0.2, 0.25) is 0 Å². The van der Waals surface area contributed by atoms with Crippen molar-refractivity contribution in [2.24, 2.45) is 0 Å². The van der Waals surface area contributed by atoms with Crippen molar-refractivity contribution >= 4 is 27.1 Å². The third-order valence-electron chi connectivity index (χ3n) is 2.25. The number of rotatable bonds is 3. The average molecular weight is 321 g/mol. The fourth-order valence-corrected chi connectivity index (χ4v) is 1.79. The number of halogens is 3. The zero-order valence-corrected chi connectivity index (χ0v) is 10.6. The Hall–Kier alpha value is -2.43. The number of carboxylic acids is 1. The van der Waals surface area contributed by atoms with Crippen LogP contribution in [-0.2, 0) is 10.1 Å². The molecule has 0 atom stereocenters. The van der Waals surface area contributed by atoms with Crippen molar-refractivity contribution in [3.05, 3.63) is 30.0 Å². The van der Waals surface area contributed by atoms with Gasteiger partial charge in [-0.2, -0.15) is 21.6 Å². The number of nitrogens with zero attached hydrogens (tertiary/aromatic N) is 2. The second kappa shape index (κ2) is 4.84. The van der Waals surface area contributed by atoms with Crippen LogP contribution in [0.25, 0.3) is 11.0 Å². The maximum atomic E-state index is 12.2. The second-order valence-corrected chi connectivity index (χ2v) is 5.19. The molecule has 7 nitrogen and oxygen atoms in total. The number of hydrogen-bond donors (Lipinski definition) is 0. The highest BCUT2D eigenvalue weighted by atomic mass is 32.2. The van der Waals surface area contributed by atoms with Gasteiger partial charge in [0.15, 0.2) is 0 Å². The molecule has 0 aliphatic heterocycles. The number of carbonyl (C=O) groups is 1. The molecule has 1 aromatic carbocycles. The quantitative estimate of drug-likeness (QED) is 0.587. The van der Waals surface area contributed by atoms with Crippen LogP contribution in [0.3, 0.4) is 0 Å². The largest absolute Gasteiger partial charge is 0.545 e. The van der Waals surface area contributed by atoms with Crippen molar-refractivity contribution in [3.8, 4) is 5.88 Å². The number of fused-ring (bicyclic) bond motifs is 1. The highest BCUT2D eigenvalue weighted by molar-refractivity contribution is 7.87. The first kappa shape index (κ1) is 15.0. The number of aromatic nitrogens is 2. The van der Waals surface area contributed by atoms with E-state index >= 15 is 0 Å². The average Bonchev–Trinajstić information content (AvgIpc) is 2.35. The molecule has 1 heterocycles. The molecule has 0 bridgehead atoms. The Morgan fingerprint density at radius 3 is 2.52 bits per heavy atom. The lowest BCUT2D eigenvalue weighted by atomic mass is 10.2. The van der Waals surface area contributed by atoms with Gasteiger partial charge in [0, 0.05) is 5.56 Å². The van der Waals surface area contributed by atoms with Gasteiger partial charge in [-0.3, -0.25) is 0 Å². The van der Waals surface area contributed by atoms with Gasteiger partial charge in [-0.25, -0.2) is 9.97 Å². The maximum Gasteiger partial charge on any atom is 0.534 e. The molecule has 2 aromatic rings. The summed E-state index contributed by atoms with van der Waals surface area (Å²) >= 11 is 0. The van der Waals surface area contributed by atoms with Crippen molar-refractivity contribution in [2.45, 2.75) is 5.51 Å². The molecule has 0 aliphatic carbocycles. The van der Waals surface area contributed by atoms with Crippen LogP contribution in [-0.4, -0.2) is 29.9 Å². The number of alkyl halides is 3. The summed E-state index contributed by atoms with van der Waals surface area (Å²) in [6.45, 7) is 0. The Balaban J connectivity index is 2.49. The fourth-order valence-electron chi connectivity index (χ4n) is 1.39. The number of aromatic carboxylic acids is 1. The summed E-state index contributed by atoms with van der Waals surface area (Å²) < 4.78 is 61.9. The van der Waals surface area contributed by atoms with E-state index in [0.29, 0.717) is 6.20 Å². The molecule has 0 saturated carbocycles. The summed E-state index contributed by atoms with van der Waals surface area (Å²) in [5, 5.41) is 10.8. The Kier molecular flexibility index (Phi) is 3.45. The molecule has 11 heteroatoms. The van der Waals surface area contributed by atoms with Crippen molar-refractivity contribution in [3.63, 3.8) is 0 Å². The summed E-state index contributed by atoms with van der Waals surface area (Å²) in [6, 6.07) is 3.62. The first-order chi connectivity index (χ1) is 9.62. The third kappa shape index (κ3) is 2.86. The molecule has 0 unspecified atom stereocenters. The van der Waals surface area contributed by atoms with E-state index in [1.807, 2.05) is 0 Å². The van der Waals surface area contributed by atoms with Crippen LogP contribution in [0.1, 0.15) is 10.4 Å². The van der Waals surface area contributed by atoms with Crippen molar-refractivity contribution < 1.29 is 35.7 Å². The molecule has 0 saturated heterocycles. The van der Waals surface area contributed by atoms with Crippen LogP contribution >= 0.6 is 0 Å². The van der Waals surface area contributed by atoms with E-state index in [2.05, 4.69) is 14.2 Å². The van der Waals surface area contributed by atoms with E-state index in [-0.39, 0.29) is 16.6 Å². The van der Waals surface area contributed by atoms with E-state index in [4.69, 9.17) is 0 Å². The van der Waals surface area contributed by atoms with Crippen LogP contribution in [0.2, 0.25) is 0 Å². The molecular formula is C10H4F3N2O5S-.